The topological polar surface area (TPSA) is 58.1 Å². The lowest BCUT2D eigenvalue weighted by molar-refractivity contribution is -0.117. The molecule has 2 aromatic carbocycles. The third-order valence-corrected chi connectivity index (χ3v) is 5.64. The van der Waals surface area contributed by atoms with Gasteiger partial charge in [0, 0.05) is 11.1 Å². The molecule has 0 radical (unpaired) electrons. The van der Waals surface area contributed by atoms with Crippen LogP contribution in [-0.4, -0.2) is 40.4 Å². The Morgan fingerprint density at radius 1 is 0.968 bits per heavy atom. The van der Waals surface area contributed by atoms with Crippen LogP contribution in [0.25, 0.3) is 22.5 Å². The molecule has 0 saturated carbocycles. The van der Waals surface area contributed by atoms with Crippen molar-refractivity contribution in [1.29, 1.82) is 0 Å². The first-order valence-electron chi connectivity index (χ1n) is 10.6. The van der Waals surface area contributed by atoms with Crippen LogP contribution in [0.1, 0.15) is 25.3 Å². The van der Waals surface area contributed by atoms with Crippen molar-refractivity contribution in [2.75, 3.05) is 25.0 Å². The van der Waals surface area contributed by atoms with Gasteiger partial charge in [-0.15, -0.1) is 12.4 Å². The van der Waals surface area contributed by atoms with E-state index < -0.39 is 0 Å². The number of halogens is 1. The van der Waals surface area contributed by atoms with Crippen LogP contribution in [0.3, 0.4) is 0 Å². The Labute approximate surface area is 190 Å². The number of amides is 1. The summed E-state index contributed by atoms with van der Waals surface area (Å²) in [6.07, 6.45) is 2.29. The number of aryl methyl sites for hydroxylation is 1. The number of hydrogen-bond donors (Lipinski definition) is 1. The molecular formula is C25H29ClN4O. The van der Waals surface area contributed by atoms with Gasteiger partial charge in [-0.1, -0.05) is 67.1 Å². The minimum absolute atomic E-state index is 0. The van der Waals surface area contributed by atoms with E-state index in [4.69, 9.17) is 0 Å². The van der Waals surface area contributed by atoms with Gasteiger partial charge in [-0.2, -0.15) is 0 Å². The van der Waals surface area contributed by atoms with Gasteiger partial charge in [-0.3, -0.25) is 15.0 Å². The van der Waals surface area contributed by atoms with Gasteiger partial charge in [-0.05, 0) is 44.8 Å². The maximum atomic E-state index is 12.7. The highest BCUT2D eigenvalue weighted by Crippen LogP contribution is 2.25. The summed E-state index contributed by atoms with van der Waals surface area (Å²) in [4.78, 5) is 24.1. The lowest BCUT2D eigenvalue weighted by Gasteiger charge is -2.29. The maximum Gasteiger partial charge on any atom is 0.240 e. The van der Waals surface area contributed by atoms with Crippen LogP contribution in [0.15, 0.2) is 60.7 Å². The molecule has 162 valence electrons. The second-order valence-electron chi connectivity index (χ2n) is 8.20. The molecule has 1 fully saturated rings. The highest BCUT2D eigenvalue weighted by molar-refractivity contribution is 5.91. The first-order valence-corrected chi connectivity index (χ1v) is 10.6. The third kappa shape index (κ3) is 6.12. The normalized spacial score (nSPS) is 14.6. The summed E-state index contributed by atoms with van der Waals surface area (Å²) in [5, 5.41) is 2.93. The van der Waals surface area contributed by atoms with Crippen LogP contribution in [0.4, 0.5) is 5.95 Å². The summed E-state index contributed by atoms with van der Waals surface area (Å²) in [7, 11) is 0. The summed E-state index contributed by atoms with van der Waals surface area (Å²) in [6, 6.07) is 20.2. The van der Waals surface area contributed by atoms with Crippen molar-refractivity contribution in [3.63, 3.8) is 0 Å². The highest BCUT2D eigenvalue weighted by Gasteiger charge is 2.19. The van der Waals surface area contributed by atoms with E-state index in [1.54, 1.807) is 0 Å². The number of nitrogens with one attached hydrogen (secondary N) is 1. The fourth-order valence-corrected chi connectivity index (χ4v) is 3.72. The van der Waals surface area contributed by atoms with Gasteiger partial charge in [0.15, 0.2) is 0 Å². The molecule has 1 aliphatic rings. The standard InChI is InChI=1S/C25H28N4O.ClH/c1-18-8-10-21(11-9-18)23-16-22(20-6-4-3-5-7-20)26-25(27-23)28-24(30)17-29-14-12-19(2)13-15-29;/h3-11,16,19H,12-15,17H2,1-2H3,(H,26,27,28,30);1H. The molecule has 4 rings (SSSR count). The Morgan fingerprint density at radius 2 is 1.55 bits per heavy atom. The first kappa shape index (κ1) is 22.9. The molecule has 0 atom stereocenters. The van der Waals surface area contributed by atoms with Gasteiger partial charge in [-0.25, -0.2) is 9.97 Å². The number of nitrogens with zero attached hydrogens (tertiary/aromatic N) is 3. The average molecular weight is 437 g/mol. The highest BCUT2D eigenvalue weighted by atomic mass is 35.5. The molecule has 6 heteroatoms. The second-order valence-corrected chi connectivity index (χ2v) is 8.20. The summed E-state index contributed by atoms with van der Waals surface area (Å²) >= 11 is 0. The number of benzene rings is 2. The lowest BCUT2D eigenvalue weighted by Crippen LogP contribution is -2.38. The van der Waals surface area contributed by atoms with E-state index in [1.165, 1.54) is 5.56 Å². The molecule has 3 aromatic rings. The molecule has 1 N–H and O–H groups in total. The molecule has 1 amide bonds. The number of likely N-dealkylation sites (tertiary alicyclic amines) is 1. The van der Waals surface area contributed by atoms with E-state index in [2.05, 4.69) is 46.2 Å². The van der Waals surface area contributed by atoms with Crippen molar-refractivity contribution in [1.82, 2.24) is 14.9 Å². The number of rotatable bonds is 5. The number of aromatic nitrogens is 2. The van der Waals surface area contributed by atoms with Gasteiger partial charge in [0.05, 0.1) is 17.9 Å². The summed E-state index contributed by atoms with van der Waals surface area (Å²) in [5.74, 6) is 1.03. The second kappa shape index (κ2) is 10.5. The van der Waals surface area contributed by atoms with Crippen molar-refractivity contribution in [3.05, 3.63) is 66.2 Å². The minimum Gasteiger partial charge on any atom is -0.294 e. The minimum atomic E-state index is -0.0652. The number of anilines is 1. The predicted molar refractivity (Wildman–Crippen MR) is 128 cm³/mol. The van der Waals surface area contributed by atoms with E-state index in [9.17, 15) is 4.79 Å². The number of hydrogen-bond acceptors (Lipinski definition) is 4. The van der Waals surface area contributed by atoms with Crippen LogP contribution < -0.4 is 5.32 Å². The quantitative estimate of drug-likeness (QED) is 0.596. The monoisotopic (exact) mass is 436 g/mol. The van der Waals surface area contributed by atoms with Crippen LogP contribution >= 0.6 is 12.4 Å². The Morgan fingerprint density at radius 3 is 2.16 bits per heavy atom. The van der Waals surface area contributed by atoms with Gasteiger partial charge in [0.2, 0.25) is 11.9 Å². The van der Waals surface area contributed by atoms with Crippen molar-refractivity contribution >= 4 is 24.3 Å². The Bertz CT molecular complexity index is 1000. The van der Waals surface area contributed by atoms with Crippen LogP contribution in [0.2, 0.25) is 0 Å². The fourth-order valence-electron chi connectivity index (χ4n) is 3.72. The zero-order chi connectivity index (χ0) is 20.9. The van der Waals surface area contributed by atoms with E-state index >= 15 is 0 Å². The van der Waals surface area contributed by atoms with E-state index in [0.717, 1.165) is 54.4 Å². The van der Waals surface area contributed by atoms with Crippen LogP contribution in [-0.2, 0) is 4.79 Å². The largest absolute Gasteiger partial charge is 0.294 e. The van der Waals surface area contributed by atoms with E-state index in [1.807, 2.05) is 48.5 Å². The van der Waals surface area contributed by atoms with Crippen molar-refractivity contribution < 1.29 is 4.79 Å². The van der Waals surface area contributed by atoms with Crippen molar-refractivity contribution in [2.24, 2.45) is 5.92 Å². The Balaban J connectivity index is 0.00000272. The number of piperidine rings is 1. The van der Waals surface area contributed by atoms with Crippen LogP contribution in [0.5, 0.6) is 0 Å². The Hall–Kier alpha value is -2.76. The SMILES string of the molecule is Cc1ccc(-c2cc(-c3ccccc3)nc(NC(=O)CN3CCC(C)CC3)n2)cc1.Cl. The zero-order valence-corrected chi connectivity index (χ0v) is 18.9. The lowest BCUT2D eigenvalue weighted by atomic mass is 9.99. The van der Waals surface area contributed by atoms with E-state index in [0.29, 0.717) is 12.5 Å². The number of carbonyl (C=O) groups excluding carboxylic acids is 1. The Kier molecular flexibility index (Phi) is 7.77. The molecule has 0 spiro atoms. The van der Waals surface area contributed by atoms with Crippen molar-refractivity contribution in [3.8, 4) is 22.5 Å². The summed E-state index contributed by atoms with van der Waals surface area (Å²) in [6.45, 7) is 6.65. The van der Waals surface area contributed by atoms with Gasteiger partial charge in [0.1, 0.15) is 0 Å². The molecule has 1 saturated heterocycles. The molecule has 1 aromatic heterocycles. The first-order chi connectivity index (χ1) is 14.6. The third-order valence-electron chi connectivity index (χ3n) is 5.64. The summed E-state index contributed by atoms with van der Waals surface area (Å²) < 4.78 is 0. The van der Waals surface area contributed by atoms with Gasteiger partial charge in [0.25, 0.3) is 0 Å². The predicted octanol–water partition coefficient (Wildman–Crippen LogP) is 5.21. The molecule has 0 aliphatic carbocycles. The fraction of sp³-hybridized carbons (Fsp3) is 0.320. The molecule has 0 unspecified atom stereocenters. The van der Waals surface area contributed by atoms with Gasteiger partial charge >= 0.3 is 0 Å². The molecule has 31 heavy (non-hydrogen) atoms. The molecule has 5 nitrogen and oxygen atoms in total. The molecular weight excluding hydrogens is 408 g/mol. The molecule has 1 aliphatic heterocycles. The summed E-state index contributed by atoms with van der Waals surface area (Å²) in [5.41, 5.74) is 4.78. The average Bonchev–Trinajstić information content (AvgIpc) is 2.76. The maximum absolute atomic E-state index is 12.7. The zero-order valence-electron chi connectivity index (χ0n) is 18.0. The van der Waals surface area contributed by atoms with Gasteiger partial charge < -0.3 is 0 Å². The molecule has 0 bridgehead atoms. The van der Waals surface area contributed by atoms with Crippen LogP contribution in [0, 0.1) is 12.8 Å². The van der Waals surface area contributed by atoms with Crippen molar-refractivity contribution in [2.45, 2.75) is 26.7 Å². The smallest absolute Gasteiger partial charge is 0.240 e. The number of carbonyl (C=O) groups is 1. The molecule has 2 heterocycles. The van der Waals surface area contributed by atoms with E-state index in [-0.39, 0.29) is 18.3 Å².